The molecule has 2 heterocycles. The van der Waals surface area contributed by atoms with Gasteiger partial charge < -0.3 is 9.40 Å². The molecule has 0 unspecified atom stereocenters. The van der Waals surface area contributed by atoms with E-state index in [1.54, 1.807) is 42.5 Å². The monoisotopic (exact) mass is 508 g/mol. The zero-order valence-corrected chi connectivity index (χ0v) is 17.3. The minimum atomic E-state index is -0.623. The average Bonchev–Trinajstić information content (AvgIpc) is 3.13. The number of halogens is 2. The van der Waals surface area contributed by atoms with Crippen LogP contribution in [0.15, 0.2) is 63.8 Å². The Labute approximate surface area is 176 Å². The summed E-state index contributed by atoms with van der Waals surface area (Å²) in [6.45, 7) is 0. The third-order valence-corrected chi connectivity index (χ3v) is 5.22. The van der Waals surface area contributed by atoms with Crippen LogP contribution in [0.1, 0.15) is 10.6 Å². The molecule has 0 aliphatic heterocycles. The summed E-state index contributed by atoms with van der Waals surface area (Å²) in [6, 6.07) is 15.5. The van der Waals surface area contributed by atoms with Gasteiger partial charge in [0.25, 0.3) is 5.56 Å². The van der Waals surface area contributed by atoms with Crippen LogP contribution in [0.4, 0.5) is 0 Å². The Morgan fingerprint density at radius 1 is 1.11 bits per heavy atom. The molecule has 0 bridgehead atoms. The van der Waals surface area contributed by atoms with Gasteiger partial charge in [0.05, 0.1) is 10.9 Å². The molecule has 5 nitrogen and oxygen atoms in total. The molecule has 0 atom stereocenters. The van der Waals surface area contributed by atoms with Gasteiger partial charge in [-0.2, -0.15) is 0 Å². The van der Waals surface area contributed by atoms with E-state index in [4.69, 9.17) is 28.2 Å². The van der Waals surface area contributed by atoms with Gasteiger partial charge in [0.2, 0.25) is 0 Å². The van der Waals surface area contributed by atoms with E-state index in [2.05, 4.69) is 27.6 Å². The van der Waals surface area contributed by atoms with Crippen molar-refractivity contribution < 1.29 is 9.21 Å². The summed E-state index contributed by atoms with van der Waals surface area (Å²) in [5.74, 6) is -0.109. The fourth-order valence-corrected chi connectivity index (χ4v) is 3.60. The van der Waals surface area contributed by atoms with Crippen molar-refractivity contribution in [1.82, 2.24) is 9.55 Å². The predicted octanol–water partition coefficient (Wildman–Crippen LogP) is 5.27. The molecule has 134 valence electrons. The molecule has 0 radical (unpaired) electrons. The van der Waals surface area contributed by atoms with Gasteiger partial charge >= 0.3 is 5.91 Å². The number of carbonyl (C=O) groups excluding carboxylic acids is 1. The highest BCUT2D eigenvalue weighted by Gasteiger charge is 2.19. The molecular formula is C19H10ClIN2O3S. The van der Waals surface area contributed by atoms with Crippen molar-refractivity contribution >= 4 is 63.2 Å². The number of rotatable bonds is 2. The second-order valence-corrected chi connectivity index (χ2v) is 7.81. The minimum Gasteiger partial charge on any atom is -0.451 e. The van der Waals surface area contributed by atoms with E-state index in [1.165, 1.54) is 6.07 Å². The highest BCUT2D eigenvalue weighted by molar-refractivity contribution is 14.1. The first-order chi connectivity index (χ1) is 12.9. The molecule has 0 amide bonds. The van der Waals surface area contributed by atoms with Crippen LogP contribution in [-0.2, 0) is 0 Å². The highest BCUT2D eigenvalue weighted by atomic mass is 127. The Morgan fingerprint density at radius 2 is 1.85 bits per heavy atom. The van der Waals surface area contributed by atoms with Crippen molar-refractivity contribution in [2.75, 3.05) is 0 Å². The zero-order valence-electron chi connectivity index (χ0n) is 13.5. The zero-order chi connectivity index (χ0) is 19.1. The van der Waals surface area contributed by atoms with Crippen LogP contribution in [-0.4, -0.2) is 15.5 Å². The number of H-pyrrole nitrogens is 1. The number of furan rings is 1. The van der Waals surface area contributed by atoms with Crippen LogP contribution < -0.4 is 5.56 Å². The largest absolute Gasteiger partial charge is 0.451 e. The number of aromatic amines is 1. The molecule has 0 spiro atoms. The van der Waals surface area contributed by atoms with Gasteiger partial charge in [-0.3, -0.25) is 9.59 Å². The molecule has 0 saturated carbocycles. The van der Waals surface area contributed by atoms with Gasteiger partial charge in [-0.15, -0.1) is 0 Å². The van der Waals surface area contributed by atoms with Gasteiger partial charge in [-0.05, 0) is 89.4 Å². The molecule has 0 fully saturated rings. The number of nitrogens with zero attached hydrogens (tertiary/aromatic N) is 1. The average molecular weight is 509 g/mol. The Hall–Kier alpha value is -2.23. The third kappa shape index (κ3) is 3.38. The maximum atomic E-state index is 12.9. The molecule has 0 aliphatic rings. The van der Waals surface area contributed by atoms with E-state index in [1.807, 2.05) is 6.07 Å². The third-order valence-electron chi connectivity index (χ3n) is 4.01. The highest BCUT2D eigenvalue weighted by Crippen LogP contribution is 2.24. The summed E-state index contributed by atoms with van der Waals surface area (Å²) in [5, 5.41) is 0.985. The number of benzene rings is 2. The molecule has 0 aliphatic carbocycles. The lowest BCUT2D eigenvalue weighted by Gasteiger charge is -2.06. The van der Waals surface area contributed by atoms with E-state index in [9.17, 15) is 9.59 Å². The Bertz CT molecular complexity index is 1310. The van der Waals surface area contributed by atoms with Crippen LogP contribution in [0.3, 0.4) is 0 Å². The SMILES string of the molecule is O=C(c1ccc(-c2ccc(Cl)cc2)o1)n1c(=S)[nH]c2ccc(I)cc2c1=O. The molecule has 4 aromatic rings. The Balaban J connectivity index is 1.81. The van der Waals surface area contributed by atoms with Crippen LogP contribution in [0.5, 0.6) is 0 Å². The molecule has 4 rings (SSSR count). The van der Waals surface area contributed by atoms with Crippen LogP contribution >= 0.6 is 46.4 Å². The van der Waals surface area contributed by atoms with E-state index in [0.29, 0.717) is 21.7 Å². The first kappa shape index (κ1) is 18.1. The van der Waals surface area contributed by atoms with Crippen molar-refractivity contribution in [1.29, 1.82) is 0 Å². The maximum Gasteiger partial charge on any atom is 0.302 e. The lowest BCUT2D eigenvalue weighted by molar-refractivity contribution is 0.0927. The fourth-order valence-electron chi connectivity index (χ4n) is 2.70. The summed E-state index contributed by atoms with van der Waals surface area (Å²) in [4.78, 5) is 28.6. The summed E-state index contributed by atoms with van der Waals surface area (Å²) in [6.07, 6.45) is 0. The topological polar surface area (TPSA) is 68.0 Å². The van der Waals surface area contributed by atoms with Gasteiger partial charge in [0.15, 0.2) is 10.5 Å². The minimum absolute atomic E-state index is 0.0168. The normalized spacial score (nSPS) is 11.0. The van der Waals surface area contributed by atoms with Gasteiger partial charge in [-0.1, -0.05) is 11.6 Å². The fraction of sp³-hybridized carbons (Fsp3) is 0. The lowest BCUT2D eigenvalue weighted by Crippen LogP contribution is -2.28. The Morgan fingerprint density at radius 3 is 2.59 bits per heavy atom. The number of aromatic nitrogens is 2. The quantitative estimate of drug-likeness (QED) is 0.296. The summed E-state index contributed by atoms with van der Waals surface area (Å²) >= 11 is 13.2. The first-order valence-corrected chi connectivity index (χ1v) is 9.65. The van der Waals surface area contributed by atoms with E-state index in [-0.39, 0.29) is 10.5 Å². The first-order valence-electron chi connectivity index (χ1n) is 7.79. The van der Waals surface area contributed by atoms with Crippen molar-refractivity contribution in [3.8, 4) is 11.3 Å². The molecule has 0 saturated heterocycles. The van der Waals surface area contributed by atoms with E-state index >= 15 is 0 Å². The maximum absolute atomic E-state index is 12.9. The van der Waals surface area contributed by atoms with Crippen molar-refractivity contribution in [2.24, 2.45) is 0 Å². The molecular weight excluding hydrogens is 499 g/mol. The smallest absolute Gasteiger partial charge is 0.302 e. The summed E-state index contributed by atoms with van der Waals surface area (Å²) in [7, 11) is 0. The lowest BCUT2D eigenvalue weighted by atomic mass is 10.2. The molecule has 2 aromatic carbocycles. The molecule has 8 heteroatoms. The van der Waals surface area contributed by atoms with Crippen LogP contribution in [0.25, 0.3) is 22.2 Å². The van der Waals surface area contributed by atoms with Gasteiger partial charge in [-0.25, -0.2) is 4.57 Å². The van der Waals surface area contributed by atoms with Crippen molar-refractivity contribution in [3.63, 3.8) is 0 Å². The number of hydrogen-bond acceptors (Lipinski definition) is 4. The second-order valence-electron chi connectivity index (χ2n) is 5.74. The molecule has 27 heavy (non-hydrogen) atoms. The van der Waals surface area contributed by atoms with Crippen molar-refractivity contribution in [2.45, 2.75) is 0 Å². The van der Waals surface area contributed by atoms with Crippen molar-refractivity contribution in [3.05, 3.63) is 84.1 Å². The predicted molar refractivity (Wildman–Crippen MR) is 115 cm³/mol. The molecule has 1 N–H and O–H groups in total. The number of hydrogen-bond donors (Lipinski definition) is 1. The van der Waals surface area contributed by atoms with E-state index < -0.39 is 11.5 Å². The summed E-state index contributed by atoms with van der Waals surface area (Å²) < 4.78 is 7.47. The number of nitrogens with one attached hydrogen (secondary N) is 1. The van der Waals surface area contributed by atoms with E-state index in [0.717, 1.165) is 13.7 Å². The van der Waals surface area contributed by atoms with Crippen LogP contribution in [0.2, 0.25) is 5.02 Å². The summed E-state index contributed by atoms with van der Waals surface area (Å²) in [5.41, 5.74) is 0.862. The van der Waals surface area contributed by atoms with Crippen LogP contribution in [0, 0.1) is 8.34 Å². The second kappa shape index (κ2) is 7.06. The Kier molecular flexibility index (Phi) is 4.75. The number of carbonyl (C=O) groups is 1. The van der Waals surface area contributed by atoms with Gasteiger partial charge in [0.1, 0.15) is 5.76 Å². The van der Waals surface area contributed by atoms with Gasteiger partial charge in [0, 0.05) is 14.2 Å². The molecule has 2 aromatic heterocycles. The standard InChI is InChI=1S/C19H10ClIN2O3S/c20-11-3-1-10(2-4-11)15-7-8-16(26-15)18(25)23-17(24)13-9-12(21)5-6-14(13)22-19(23)27/h1-9H,(H,22,27). The number of fused-ring (bicyclic) bond motifs is 1.